The molecule has 28 heavy (non-hydrogen) atoms. The van der Waals surface area contributed by atoms with Crippen LogP contribution in [0.15, 0.2) is 48.5 Å². The number of aromatic nitrogens is 2. The molecule has 0 unspecified atom stereocenters. The number of para-hydroxylation sites is 2. The first-order valence-corrected chi connectivity index (χ1v) is 9.36. The van der Waals surface area contributed by atoms with Gasteiger partial charge in [0.05, 0.1) is 17.1 Å². The molecule has 0 bridgehead atoms. The maximum absolute atomic E-state index is 12.7. The number of amides is 2. The molecule has 1 saturated heterocycles. The van der Waals surface area contributed by atoms with Crippen molar-refractivity contribution in [2.24, 2.45) is 0 Å². The lowest BCUT2D eigenvalue weighted by Gasteiger charge is -2.32. The second-order valence-corrected chi connectivity index (χ2v) is 6.95. The van der Waals surface area contributed by atoms with Crippen molar-refractivity contribution in [1.29, 1.82) is 0 Å². The van der Waals surface area contributed by atoms with Gasteiger partial charge in [-0.3, -0.25) is 9.59 Å². The fourth-order valence-corrected chi connectivity index (χ4v) is 3.53. The van der Waals surface area contributed by atoms with Crippen molar-refractivity contribution < 1.29 is 14.3 Å². The number of nitrogens with zero attached hydrogens (tertiary/aromatic N) is 1. The van der Waals surface area contributed by atoms with Crippen LogP contribution in [0.4, 0.5) is 0 Å². The topological polar surface area (TPSA) is 96.1 Å². The minimum Gasteiger partial charge on any atom is -0.356 e. The lowest BCUT2D eigenvalue weighted by molar-refractivity contribution is -0.148. The van der Waals surface area contributed by atoms with Crippen molar-refractivity contribution in [2.75, 3.05) is 13.2 Å². The molecule has 0 radical (unpaired) electrons. The molecule has 2 atom stereocenters. The Labute approximate surface area is 166 Å². The van der Waals surface area contributed by atoms with Gasteiger partial charge in [0.1, 0.15) is 12.4 Å². The van der Waals surface area contributed by atoms with E-state index in [-0.39, 0.29) is 18.4 Å². The van der Waals surface area contributed by atoms with Crippen LogP contribution in [0.3, 0.4) is 0 Å². The van der Waals surface area contributed by atoms with Crippen LogP contribution >= 0.6 is 11.6 Å². The molecule has 1 aromatic heterocycles. The summed E-state index contributed by atoms with van der Waals surface area (Å²) in [6, 6.07) is 14.2. The summed E-state index contributed by atoms with van der Waals surface area (Å²) in [4.78, 5) is 32.2. The van der Waals surface area contributed by atoms with E-state index in [2.05, 4.69) is 20.6 Å². The van der Waals surface area contributed by atoms with Crippen LogP contribution in [0.1, 0.15) is 17.4 Å². The maximum atomic E-state index is 12.7. The molecule has 0 aliphatic carbocycles. The zero-order valence-electron chi connectivity index (χ0n) is 14.9. The number of carbonyl (C=O) groups is 2. The fourth-order valence-electron chi connectivity index (χ4n) is 3.28. The second kappa shape index (κ2) is 8.00. The average Bonchev–Trinajstić information content (AvgIpc) is 3.11. The summed E-state index contributed by atoms with van der Waals surface area (Å²) in [7, 11) is 0. The van der Waals surface area contributed by atoms with Crippen molar-refractivity contribution in [3.63, 3.8) is 0 Å². The number of nitrogens with one attached hydrogen (secondary N) is 3. The molecule has 7 nitrogen and oxygen atoms in total. The SMILES string of the molecule is O=C1CO[C@H](C(=O)NCCc2nc3ccccc3[nH]2)[C@@H](c2ccccc2Cl)N1. The molecular formula is C20H19ClN4O3. The number of morpholine rings is 1. The van der Waals surface area contributed by atoms with Gasteiger partial charge in [-0.05, 0) is 23.8 Å². The quantitative estimate of drug-likeness (QED) is 0.613. The third kappa shape index (κ3) is 3.85. The number of aromatic amines is 1. The second-order valence-electron chi connectivity index (χ2n) is 6.54. The standard InChI is InChI=1S/C20H19ClN4O3/c21-13-6-2-1-5-12(13)18-19(28-11-17(26)25-18)20(27)22-10-9-16-23-14-7-3-4-8-15(14)24-16/h1-8,18-19H,9-11H2,(H,22,27)(H,23,24)(H,25,26)/t18-,19+/m1/s1. The minimum absolute atomic E-state index is 0.164. The molecule has 4 rings (SSSR count). The van der Waals surface area contributed by atoms with E-state index in [0.717, 1.165) is 16.9 Å². The minimum atomic E-state index is -0.853. The van der Waals surface area contributed by atoms with Gasteiger partial charge >= 0.3 is 0 Å². The van der Waals surface area contributed by atoms with E-state index in [1.807, 2.05) is 24.3 Å². The van der Waals surface area contributed by atoms with Gasteiger partial charge in [-0.15, -0.1) is 0 Å². The molecule has 1 aliphatic heterocycles. The van der Waals surface area contributed by atoms with Crippen LogP contribution in [0.2, 0.25) is 5.02 Å². The Balaban J connectivity index is 1.42. The molecule has 2 heterocycles. The Bertz CT molecular complexity index is 986. The highest BCUT2D eigenvalue weighted by Crippen LogP contribution is 2.28. The first-order chi connectivity index (χ1) is 13.6. The van der Waals surface area contributed by atoms with Gasteiger partial charge in [-0.1, -0.05) is 41.9 Å². The summed E-state index contributed by atoms with van der Waals surface area (Å²) in [5.41, 5.74) is 2.50. The summed E-state index contributed by atoms with van der Waals surface area (Å²) in [6.07, 6.45) is -0.302. The zero-order valence-corrected chi connectivity index (χ0v) is 15.7. The summed E-state index contributed by atoms with van der Waals surface area (Å²) < 4.78 is 5.52. The van der Waals surface area contributed by atoms with E-state index in [1.54, 1.807) is 24.3 Å². The molecule has 2 aromatic carbocycles. The summed E-state index contributed by atoms with van der Waals surface area (Å²) in [5, 5.41) is 6.13. The van der Waals surface area contributed by atoms with Gasteiger partial charge < -0.3 is 20.4 Å². The van der Waals surface area contributed by atoms with Gasteiger partial charge in [0.2, 0.25) is 5.91 Å². The van der Waals surface area contributed by atoms with Gasteiger partial charge in [-0.2, -0.15) is 0 Å². The van der Waals surface area contributed by atoms with Crippen LogP contribution in [-0.2, 0) is 20.7 Å². The molecule has 0 saturated carbocycles. The number of hydrogen-bond donors (Lipinski definition) is 3. The number of rotatable bonds is 5. The number of hydrogen-bond acceptors (Lipinski definition) is 4. The van der Waals surface area contributed by atoms with Crippen molar-refractivity contribution in [3.05, 3.63) is 64.9 Å². The Morgan fingerprint density at radius 2 is 2.00 bits per heavy atom. The predicted octanol–water partition coefficient (Wildman–Crippen LogP) is 2.13. The number of carbonyl (C=O) groups excluding carboxylic acids is 2. The highest BCUT2D eigenvalue weighted by atomic mass is 35.5. The fraction of sp³-hybridized carbons (Fsp3) is 0.250. The Hall–Kier alpha value is -2.90. The Morgan fingerprint density at radius 3 is 2.82 bits per heavy atom. The number of benzene rings is 2. The van der Waals surface area contributed by atoms with E-state index in [1.165, 1.54) is 0 Å². The third-order valence-corrected chi connectivity index (χ3v) is 4.96. The molecule has 8 heteroatoms. The third-order valence-electron chi connectivity index (χ3n) is 4.61. The summed E-state index contributed by atoms with van der Waals surface area (Å²) >= 11 is 6.25. The van der Waals surface area contributed by atoms with E-state index in [0.29, 0.717) is 23.6 Å². The molecule has 2 amide bonds. The van der Waals surface area contributed by atoms with Gasteiger partial charge in [-0.25, -0.2) is 4.98 Å². The Kier molecular flexibility index (Phi) is 5.27. The van der Waals surface area contributed by atoms with Crippen LogP contribution in [-0.4, -0.2) is 41.0 Å². The van der Waals surface area contributed by atoms with Gasteiger partial charge in [0, 0.05) is 18.0 Å². The number of halogens is 1. The lowest BCUT2D eigenvalue weighted by atomic mass is 9.99. The molecule has 1 aliphatic rings. The highest BCUT2D eigenvalue weighted by Gasteiger charge is 2.36. The molecule has 3 N–H and O–H groups in total. The smallest absolute Gasteiger partial charge is 0.251 e. The van der Waals surface area contributed by atoms with E-state index < -0.39 is 12.1 Å². The zero-order chi connectivity index (χ0) is 19.5. The molecule has 1 fully saturated rings. The van der Waals surface area contributed by atoms with Crippen molar-refractivity contribution in [3.8, 4) is 0 Å². The number of fused-ring (bicyclic) bond motifs is 1. The highest BCUT2D eigenvalue weighted by molar-refractivity contribution is 6.31. The normalized spacial score (nSPS) is 19.4. The first kappa shape index (κ1) is 18.5. The number of H-pyrrole nitrogens is 1. The van der Waals surface area contributed by atoms with Gasteiger partial charge in [0.15, 0.2) is 6.10 Å². The summed E-state index contributed by atoms with van der Waals surface area (Å²) in [5.74, 6) is 0.208. The molecule has 3 aromatic rings. The largest absolute Gasteiger partial charge is 0.356 e. The van der Waals surface area contributed by atoms with Gasteiger partial charge in [0.25, 0.3) is 5.91 Å². The number of imidazole rings is 1. The molecule has 144 valence electrons. The molecular weight excluding hydrogens is 380 g/mol. The van der Waals surface area contributed by atoms with Crippen LogP contribution in [0.25, 0.3) is 11.0 Å². The van der Waals surface area contributed by atoms with Crippen LogP contribution in [0, 0.1) is 0 Å². The van der Waals surface area contributed by atoms with Crippen LogP contribution < -0.4 is 10.6 Å². The van der Waals surface area contributed by atoms with Crippen molar-refractivity contribution in [2.45, 2.75) is 18.6 Å². The van der Waals surface area contributed by atoms with Crippen molar-refractivity contribution in [1.82, 2.24) is 20.6 Å². The van der Waals surface area contributed by atoms with E-state index >= 15 is 0 Å². The lowest BCUT2D eigenvalue weighted by Crippen LogP contribution is -2.52. The Morgan fingerprint density at radius 1 is 1.21 bits per heavy atom. The van der Waals surface area contributed by atoms with E-state index in [4.69, 9.17) is 16.3 Å². The van der Waals surface area contributed by atoms with Crippen molar-refractivity contribution >= 4 is 34.4 Å². The first-order valence-electron chi connectivity index (χ1n) is 8.98. The van der Waals surface area contributed by atoms with Crippen LogP contribution in [0.5, 0.6) is 0 Å². The predicted molar refractivity (Wildman–Crippen MR) is 105 cm³/mol. The average molecular weight is 399 g/mol. The monoisotopic (exact) mass is 398 g/mol. The maximum Gasteiger partial charge on any atom is 0.251 e. The van der Waals surface area contributed by atoms with E-state index in [9.17, 15) is 9.59 Å². The molecule has 0 spiro atoms. The summed E-state index contributed by atoms with van der Waals surface area (Å²) in [6.45, 7) is 0.227. The number of ether oxygens (including phenoxy) is 1.